The summed E-state index contributed by atoms with van der Waals surface area (Å²) < 4.78 is 6.50. The predicted octanol–water partition coefficient (Wildman–Crippen LogP) is 2.59. The molecule has 1 aromatic heterocycles. The number of thioether (sulfide) groups is 1. The molecular formula is C23H30N4O4S. The molecule has 0 atom stereocenters. The zero-order valence-corrected chi connectivity index (χ0v) is 19.7. The molecule has 0 spiro atoms. The summed E-state index contributed by atoms with van der Waals surface area (Å²) in [7, 11) is 5.37. The highest BCUT2D eigenvalue weighted by molar-refractivity contribution is 8.00. The second kappa shape index (κ2) is 11.3. The number of nitrogens with one attached hydrogen (secondary N) is 1. The van der Waals surface area contributed by atoms with E-state index in [2.05, 4.69) is 19.9 Å². The highest BCUT2D eigenvalue weighted by Crippen LogP contribution is 2.28. The number of carbonyl (C=O) groups excluding carboxylic acids is 2. The van der Waals surface area contributed by atoms with Crippen molar-refractivity contribution in [2.24, 2.45) is 0 Å². The number of esters is 1. The van der Waals surface area contributed by atoms with Gasteiger partial charge in [0.25, 0.3) is 0 Å². The van der Waals surface area contributed by atoms with Crippen molar-refractivity contribution in [1.82, 2.24) is 14.5 Å². The van der Waals surface area contributed by atoms with Crippen molar-refractivity contribution in [3.8, 4) is 0 Å². The minimum Gasteiger partial charge on any atom is -0.465 e. The first-order valence-electron chi connectivity index (χ1n) is 10.8. The van der Waals surface area contributed by atoms with E-state index in [1.807, 2.05) is 18.7 Å². The third-order valence-corrected chi connectivity index (χ3v) is 6.39. The van der Waals surface area contributed by atoms with E-state index in [1.165, 1.54) is 18.9 Å². The maximum Gasteiger partial charge on any atom is 0.348 e. The summed E-state index contributed by atoms with van der Waals surface area (Å²) in [6.07, 6.45) is 4.79. The fourth-order valence-corrected chi connectivity index (χ4v) is 4.66. The summed E-state index contributed by atoms with van der Waals surface area (Å²) in [4.78, 5) is 43.1. The van der Waals surface area contributed by atoms with Crippen LogP contribution in [0.25, 0.3) is 0 Å². The van der Waals surface area contributed by atoms with Crippen molar-refractivity contribution < 1.29 is 14.3 Å². The highest BCUT2D eigenvalue weighted by atomic mass is 32.2. The van der Waals surface area contributed by atoms with Gasteiger partial charge in [-0.05, 0) is 77.0 Å². The molecule has 3 rings (SSSR count). The van der Waals surface area contributed by atoms with Crippen molar-refractivity contribution in [3.05, 3.63) is 51.6 Å². The van der Waals surface area contributed by atoms with Crippen molar-refractivity contribution in [1.29, 1.82) is 0 Å². The predicted molar refractivity (Wildman–Crippen MR) is 125 cm³/mol. The number of benzene rings is 1. The van der Waals surface area contributed by atoms with Crippen molar-refractivity contribution in [3.63, 3.8) is 0 Å². The lowest BCUT2D eigenvalue weighted by Crippen LogP contribution is -2.31. The van der Waals surface area contributed by atoms with Crippen LogP contribution in [0.5, 0.6) is 0 Å². The van der Waals surface area contributed by atoms with Crippen LogP contribution in [0.4, 0.5) is 5.69 Å². The minimum absolute atomic E-state index is 0.155. The van der Waals surface area contributed by atoms with E-state index in [-0.39, 0.29) is 17.3 Å². The monoisotopic (exact) mass is 458 g/mol. The molecule has 1 aromatic carbocycles. The normalized spacial score (nSPS) is 13.0. The Morgan fingerprint density at radius 1 is 1.19 bits per heavy atom. The molecule has 1 heterocycles. The van der Waals surface area contributed by atoms with E-state index in [0.717, 1.165) is 49.9 Å². The van der Waals surface area contributed by atoms with E-state index < -0.39 is 5.97 Å². The SMILES string of the molecule is COC(=O)c1ccc(NC(=O)CSc2nc(=O)n(CCCN(C)C)c3c2CCCC3)cc1. The molecule has 0 bridgehead atoms. The van der Waals surface area contributed by atoms with Gasteiger partial charge < -0.3 is 15.0 Å². The molecule has 0 fully saturated rings. The molecule has 9 heteroatoms. The van der Waals surface area contributed by atoms with Gasteiger partial charge in [0, 0.05) is 23.5 Å². The number of ether oxygens (including phenoxy) is 1. The largest absolute Gasteiger partial charge is 0.465 e. The summed E-state index contributed by atoms with van der Waals surface area (Å²) in [6.45, 7) is 1.58. The summed E-state index contributed by atoms with van der Waals surface area (Å²) in [6, 6.07) is 6.51. The van der Waals surface area contributed by atoms with Crippen LogP contribution in [0.15, 0.2) is 34.1 Å². The van der Waals surface area contributed by atoms with Gasteiger partial charge in [-0.15, -0.1) is 0 Å². The Kier molecular flexibility index (Phi) is 8.46. The van der Waals surface area contributed by atoms with E-state index in [0.29, 0.717) is 22.8 Å². The highest BCUT2D eigenvalue weighted by Gasteiger charge is 2.21. The smallest absolute Gasteiger partial charge is 0.348 e. The van der Waals surface area contributed by atoms with Gasteiger partial charge in [0.2, 0.25) is 5.91 Å². The standard InChI is InChI=1S/C23H30N4O4S/c1-26(2)13-6-14-27-19-8-5-4-7-18(19)21(25-23(27)30)32-15-20(28)24-17-11-9-16(10-12-17)22(29)31-3/h9-12H,4-8,13-15H2,1-3H3,(H,24,28). The fraction of sp³-hybridized carbons (Fsp3) is 0.478. The number of nitrogens with zero attached hydrogens (tertiary/aromatic N) is 3. The average Bonchev–Trinajstić information content (AvgIpc) is 2.79. The lowest BCUT2D eigenvalue weighted by atomic mass is 9.97. The summed E-state index contributed by atoms with van der Waals surface area (Å²) in [5.74, 6) is -0.462. The second-order valence-electron chi connectivity index (χ2n) is 8.05. The Labute approximate surface area is 192 Å². The van der Waals surface area contributed by atoms with E-state index >= 15 is 0 Å². The molecule has 0 aliphatic heterocycles. The van der Waals surface area contributed by atoms with Crippen LogP contribution in [-0.2, 0) is 28.9 Å². The van der Waals surface area contributed by atoms with Gasteiger partial charge in [0.15, 0.2) is 0 Å². The van der Waals surface area contributed by atoms with E-state index in [9.17, 15) is 14.4 Å². The lowest BCUT2D eigenvalue weighted by molar-refractivity contribution is -0.113. The molecule has 1 aliphatic rings. The molecule has 172 valence electrons. The summed E-state index contributed by atoms with van der Waals surface area (Å²) in [5.41, 5.74) is 2.97. The van der Waals surface area contributed by atoms with Gasteiger partial charge in [-0.1, -0.05) is 11.8 Å². The number of methoxy groups -OCH3 is 1. The Morgan fingerprint density at radius 3 is 2.59 bits per heavy atom. The van der Waals surface area contributed by atoms with Crippen LogP contribution in [0.3, 0.4) is 0 Å². The summed E-state index contributed by atoms with van der Waals surface area (Å²) in [5, 5.41) is 3.48. The van der Waals surface area contributed by atoms with Crippen molar-refractivity contribution in [2.75, 3.05) is 38.8 Å². The molecule has 1 aliphatic carbocycles. The number of carbonyl (C=O) groups is 2. The van der Waals surface area contributed by atoms with Gasteiger partial charge in [-0.25, -0.2) is 9.59 Å². The first-order chi connectivity index (χ1) is 15.4. The maximum atomic E-state index is 12.7. The zero-order valence-electron chi connectivity index (χ0n) is 18.8. The molecule has 1 N–H and O–H groups in total. The number of rotatable bonds is 9. The van der Waals surface area contributed by atoms with Crippen LogP contribution in [0, 0.1) is 0 Å². The molecule has 1 amide bonds. The van der Waals surface area contributed by atoms with Gasteiger partial charge in [0.05, 0.1) is 18.4 Å². The van der Waals surface area contributed by atoms with Gasteiger partial charge in [0.1, 0.15) is 5.03 Å². The number of hydrogen-bond donors (Lipinski definition) is 1. The fourth-order valence-electron chi connectivity index (χ4n) is 3.78. The van der Waals surface area contributed by atoms with E-state index in [4.69, 9.17) is 0 Å². The van der Waals surface area contributed by atoms with Gasteiger partial charge in [-0.3, -0.25) is 9.36 Å². The molecule has 0 unspecified atom stereocenters. The second-order valence-corrected chi connectivity index (χ2v) is 9.01. The van der Waals surface area contributed by atoms with Gasteiger partial charge >= 0.3 is 11.7 Å². The van der Waals surface area contributed by atoms with Crippen LogP contribution >= 0.6 is 11.8 Å². The van der Waals surface area contributed by atoms with Crippen LogP contribution < -0.4 is 11.0 Å². The molecule has 32 heavy (non-hydrogen) atoms. The molecule has 0 radical (unpaired) electrons. The average molecular weight is 459 g/mol. The first-order valence-corrected chi connectivity index (χ1v) is 11.8. The molecular weight excluding hydrogens is 428 g/mol. The van der Waals surface area contributed by atoms with Crippen molar-refractivity contribution in [2.45, 2.75) is 43.7 Å². The quantitative estimate of drug-likeness (QED) is 0.351. The summed E-state index contributed by atoms with van der Waals surface area (Å²) >= 11 is 1.31. The number of aromatic nitrogens is 2. The Hall–Kier alpha value is -2.65. The van der Waals surface area contributed by atoms with Crippen LogP contribution in [-0.4, -0.2) is 59.8 Å². The number of fused-ring (bicyclic) bond motifs is 1. The number of hydrogen-bond acceptors (Lipinski definition) is 7. The number of amides is 1. The first kappa shape index (κ1) is 24.0. The third-order valence-electron chi connectivity index (χ3n) is 5.37. The molecule has 0 saturated carbocycles. The number of anilines is 1. The van der Waals surface area contributed by atoms with E-state index in [1.54, 1.807) is 24.3 Å². The van der Waals surface area contributed by atoms with Crippen LogP contribution in [0.2, 0.25) is 0 Å². The molecule has 2 aromatic rings. The third kappa shape index (κ3) is 6.20. The minimum atomic E-state index is -0.425. The van der Waals surface area contributed by atoms with Crippen molar-refractivity contribution >= 4 is 29.3 Å². The topological polar surface area (TPSA) is 93.5 Å². The lowest BCUT2D eigenvalue weighted by Gasteiger charge is -2.23. The van der Waals surface area contributed by atoms with Gasteiger partial charge in [-0.2, -0.15) is 4.98 Å². The zero-order chi connectivity index (χ0) is 23.1. The Bertz CT molecular complexity index is 1020. The maximum absolute atomic E-state index is 12.7. The Balaban J connectivity index is 1.66. The molecule has 8 nitrogen and oxygen atoms in total. The molecule has 0 saturated heterocycles. The van der Waals surface area contributed by atoms with Crippen LogP contribution in [0.1, 0.15) is 40.9 Å². The Morgan fingerprint density at radius 2 is 1.91 bits per heavy atom.